The first-order valence-corrected chi connectivity index (χ1v) is 8.81. The molecule has 132 valence electrons. The third-order valence-corrected chi connectivity index (χ3v) is 4.49. The number of hydrogen-bond acceptors (Lipinski definition) is 3. The molecule has 0 radical (unpaired) electrons. The first kappa shape index (κ1) is 17.3. The normalized spacial score (nSPS) is 17.3. The second-order valence-electron chi connectivity index (χ2n) is 6.54. The zero-order chi connectivity index (χ0) is 17.6. The van der Waals surface area contributed by atoms with E-state index in [4.69, 9.17) is 4.42 Å². The monoisotopic (exact) mass is 340 g/mol. The smallest absolute Gasteiger partial charge is 0.253 e. The van der Waals surface area contributed by atoms with Crippen LogP contribution >= 0.6 is 0 Å². The highest BCUT2D eigenvalue weighted by molar-refractivity contribution is 5.94. The molecule has 1 atom stereocenters. The van der Waals surface area contributed by atoms with Crippen LogP contribution in [0, 0.1) is 6.92 Å². The van der Waals surface area contributed by atoms with Crippen molar-refractivity contribution in [2.45, 2.75) is 38.6 Å². The van der Waals surface area contributed by atoms with Crippen molar-refractivity contribution in [1.29, 1.82) is 0 Å². The van der Waals surface area contributed by atoms with Gasteiger partial charge in [-0.15, -0.1) is 0 Å². The van der Waals surface area contributed by atoms with Crippen molar-refractivity contribution in [3.63, 3.8) is 0 Å². The second-order valence-corrected chi connectivity index (χ2v) is 6.54. The maximum absolute atomic E-state index is 12.5. The Kier molecular flexibility index (Phi) is 5.53. The van der Waals surface area contributed by atoms with E-state index in [9.17, 15) is 9.59 Å². The zero-order valence-electron chi connectivity index (χ0n) is 14.5. The molecule has 0 spiro atoms. The average molecular weight is 340 g/mol. The van der Waals surface area contributed by atoms with Crippen LogP contribution in [0.1, 0.15) is 41.1 Å². The number of aryl methyl sites for hydroxylation is 2. The Bertz CT molecular complexity index is 724. The van der Waals surface area contributed by atoms with Crippen molar-refractivity contribution in [3.8, 4) is 0 Å². The molecule has 2 amide bonds. The van der Waals surface area contributed by atoms with Crippen LogP contribution in [0.4, 0.5) is 0 Å². The van der Waals surface area contributed by atoms with E-state index in [1.165, 1.54) is 0 Å². The van der Waals surface area contributed by atoms with Gasteiger partial charge >= 0.3 is 0 Å². The molecule has 1 saturated heterocycles. The largest absolute Gasteiger partial charge is 0.466 e. The highest BCUT2D eigenvalue weighted by Crippen LogP contribution is 2.14. The zero-order valence-corrected chi connectivity index (χ0v) is 14.5. The van der Waals surface area contributed by atoms with E-state index in [1.54, 1.807) is 0 Å². The molecule has 25 heavy (non-hydrogen) atoms. The molecule has 0 unspecified atom stereocenters. The molecule has 0 aliphatic carbocycles. The third kappa shape index (κ3) is 4.72. The third-order valence-electron chi connectivity index (χ3n) is 4.49. The highest BCUT2D eigenvalue weighted by Gasteiger charge is 2.25. The number of amides is 2. The Hall–Kier alpha value is -2.56. The number of benzene rings is 1. The molecule has 1 aromatic heterocycles. The summed E-state index contributed by atoms with van der Waals surface area (Å²) in [6.07, 6.45) is 2.81. The van der Waals surface area contributed by atoms with E-state index >= 15 is 0 Å². The Morgan fingerprint density at radius 3 is 2.72 bits per heavy atom. The SMILES string of the molecule is Cc1ccc(CCC(=O)N[C@@H]2CCCN(C(=O)c3ccccc3)C2)o1. The highest BCUT2D eigenvalue weighted by atomic mass is 16.3. The van der Waals surface area contributed by atoms with Crippen molar-refractivity contribution < 1.29 is 14.0 Å². The van der Waals surface area contributed by atoms with Crippen LogP contribution in [0.25, 0.3) is 0 Å². The Morgan fingerprint density at radius 1 is 1.20 bits per heavy atom. The Balaban J connectivity index is 1.49. The maximum atomic E-state index is 12.5. The molecule has 1 fully saturated rings. The lowest BCUT2D eigenvalue weighted by molar-refractivity contribution is -0.122. The lowest BCUT2D eigenvalue weighted by atomic mass is 10.0. The van der Waals surface area contributed by atoms with E-state index < -0.39 is 0 Å². The van der Waals surface area contributed by atoms with Crippen molar-refractivity contribution in [2.24, 2.45) is 0 Å². The molecule has 3 rings (SSSR count). The minimum Gasteiger partial charge on any atom is -0.466 e. The number of nitrogens with zero attached hydrogens (tertiary/aromatic N) is 1. The van der Waals surface area contributed by atoms with Crippen LogP contribution in [0.2, 0.25) is 0 Å². The number of piperidine rings is 1. The predicted octanol–water partition coefficient (Wildman–Crippen LogP) is 2.94. The van der Waals surface area contributed by atoms with Gasteiger partial charge in [-0.2, -0.15) is 0 Å². The van der Waals surface area contributed by atoms with Crippen LogP contribution in [-0.4, -0.2) is 35.8 Å². The minimum atomic E-state index is 0.00747. The van der Waals surface area contributed by atoms with Gasteiger partial charge in [0, 0.05) is 37.5 Å². The summed E-state index contributed by atoms with van der Waals surface area (Å²) in [5.41, 5.74) is 0.697. The fraction of sp³-hybridized carbons (Fsp3) is 0.400. The lowest BCUT2D eigenvalue weighted by Crippen LogP contribution is -2.49. The molecule has 1 aliphatic heterocycles. The van der Waals surface area contributed by atoms with Crippen LogP contribution in [0.5, 0.6) is 0 Å². The molecule has 1 N–H and O–H groups in total. The van der Waals surface area contributed by atoms with Gasteiger partial charge in [0.25, 0.3) is 5.91 Å². The first-order valence-electron chi connectivity index (χ1n) is 8.81. The van der Waals surface area contributed by atoms with E-state index in [0.29, 0.717) is 24.9 Å². The molecule has 1 aliphatic rings. The van der Waals surface area contributed by atoms with Crippen molar-refractivity contribution in [1.82, 2.24) is 10.2 Å². The predicted molar refractivity (Wildman–Crippen MR) is 95.3 cm³/mol. The van der Waals surface area contributed by atoms with Gasteiger partial charge in [-0.1, -0.05) is 18.2 Å². The van der Waals surface area contributed by atoms with Gasteiger partial charge < -0.3 is 14.6 Å². The summed E-state index contributed by atoms with van der Waals surface area (Å²) in [7, 11) is 0. The number of carbonyl (C=O) groups excluding carboxylic acids is 2. The number of hydrogen-bond donors (Lipinski definition) is 1. The molecule has 1 aromatic carbocycles. The summed E-state index contributed by atoms with van der Waals surface area (Å²) in [5.74, 6) is 1.73. The molecular formula is C20H24N2O3. The summed E-state index contributed by atoms with van der Waals surface area (Å²) >= 11 is 0. The van der Waals surface area contributed by atoms with Gasteiger partial charge in [-0.05, 0) is 44.0 Å². The van der Waals surface area contributed by atoms with Crippen molar-refractivity contribution in [3.05, 3.63) is 59.5 Å². The number of likely N-dealkylation sites (tertiary alicyclic amines) is 1. The summed E-state index contributed by atoms with van der Waals surface area (Å²) in [5, 5.41) is 3.06. The maximum Gasteiger partial charge on any atom is 0.253 e. The van der Waals surface area contributed by atoms with Gasteiger partial charge in [0.2, 0.25) is 5.91 Å². The minimum absolute atomic E-state index is 0.00747. The Morgan fingerprint density at radius 2 is 2.00 bits per heavy atom. The van der Waals surface area contributed by atoms with Crippen LogP contribution < -0.4 is 5.32 Å². The standard InChI is InChI=1S/C20H24N2O3/c1-15-9-10-18(25-15)11-12-19(23)21-17-8-5-13-22(14-17)20(24)16-6-3-2-4-7-16/h2-4,6-7,9-10,17H,5,8,11-14H2,1H3,(H,21,23)/t17-/m1/s1. The van der Waals surface area contributed by atoms with E-state index in [-0.39, 0.29) is 17.9 Å². The number of rotatable bonds is 5. The molecular weight excluding hydrogens is 316 g/mol. The van der Waals surface area contributed by atoms with Crippen molar-refractivity contribution >= 4 is 11.8 Å². The van der Waals surface area contributed by atoms with Gasteiger partial charge in [-0.25, -0.2) is 0 Å². The van der Waals surface area contributed by atoms with Crippen molar-refractivity contribution in [2.75, 3.05) is 13.1 Å². The van der Waals surface area contributed by atoms with Gasteiger partial charge in [0.05, 0.1) is 0 Å². The second kappa shape index (κ2) is 8.01. The summed E-state index contributed by atoms with van der Waals surface area (Å²) in [6, 6.07) is 13.1. The molecule has 0 bridgehead atoms. The quantitative estimate of drug-likeness (QED) is 0.910. The summed E-state index contributed by atoms with van der Waals surface area (Å²) in [6.45, 7) is 3.20. The first-order chi connectivity index (χ1) is 12.1. The number of furan rings is 1. The lowest BCUT2D eigenvalue weighted by Gasteiger charge is -2.33. The topological polar surface area (TPSA) is 62.6 Å². The molecule has 0 saturated carbocycles. The Labute approximate surface area is 148 Å². The van der Waals surface area contributed by atoms with E-state index in [2.05, 4.69) is 5.32 Å². The van der Waals surface area contributed by atoms with E-state index in [1.807, 2.05) is 54.3 Å². The molecule has 5 nitrogen and oxygen atoms in total. The van der Waals surface area contributed by atoms with Crippen LogP contribution in [0.15, 0.2) is 46.9 Å². The fourth-order valence-corrected chi connectivity index (χ4v) is 3.20. The average Bonchev–Trinajstić information content (AvgIpc) is 3.06. The van der Waals surface area contributed by atoms with Gasteiger partial charge in [-0.3, -0.25) is 9.59 Å². The molecule has 2 heterocycles. The van der Waals surface area contributed by atoms with E-state index in [0.717, 1.165) is 30.9 Å². The van der Waals surface area contributed by atoms with Gasteiger partial charge in [0.1, 0.15) is 11.5 Å². The number of nitrogens with one attached hydrogen (secondary N) is 1. The molecule has 5 heteroatoms. The number of carbonyl (C=O) groups is 2. The summed E-state index contributed by atoms with van der Waals surface area (Å²) in [4.78, 5) is 26.6. The van der Waals surface area contributed by atoms with Crippen LogP contribution in [0.3, 0.4) is 0 Å². The molecule has 2 aromatic rings. The van der Waals surface area contributed by atoms with Gasteiger partial charge in [0.15, 0.2) is 0 Å². The summed E-state index contributed by atoms with van der Waals surface area (Å²) < 4.78 is 5.49. The van der Waals surface area contributed by atoms with Crippen LogP contribution in [-0.2, 0) is 11.2 Å². The fourth-order valence-electron chi connectivity index (χ4n) is 3.20.